The molecule has 1 aromatic rings. The number of nitriles is 1. The Morgan fingerprint density at radius 1 is 1.27 bits per heavy atom. The maximum atomic E-state index is 12.7. The second-order valence-corrected chi connectivity index (χ2v) is 4.88. The van der Waals surface area contributed by atoms with Crippen LogP contribution in [0.3, 0.4) is 0 Å². The van der Waals surface area contributed by atoms with Gasteiger partial charge in [-0.2, -0.15) is 31.6 Å². The van der Waals surface area contributed by atoms with Crippen LogP contribution in [0, 0.1) is 11.3 Å². The Morgan fingerprint density at radius 3 is 2.27 bits per heavy atom. The van der Waals surface area contributed by atoms with Gasteiger partial charge in [-0.05, 0) is 30.8 Å². The third-order valence-electron chi connectivity index (χ3n) is 2.26. The Hall–Kier alpha value is -1.89. The molecule has 0 amide bonds. The van der Waals surface area contributed by atoms with Gasteiger partial charge >= 0.3 is 17.7 Å². The Bertz CT molecular complexity index is 618. The summed E-state index contributed by atoms with van der Waals surface area (Å²) in [6.07, 6.45) is -4.96. The molecular weight excluding hydrogens is 336 g/mol. The highest BCUT2D eigenvalue weighted by Crippen LogP contribution is 2.42. The molecule has 0 fully saturated rings. The molecule has 0 aromatic heterocycles. The van der Waals surface area contributed by atoms with E-state index in [-0.39, 0.29) is 12.7 Å². The van der Waals surface area contributed by atoms with Crippen LogP contribution in [0.15, 0.2) is 17.0 Å². The van der Waals surface area contributed by atoms with Gasteiger partial charge in [0.1, 0.15) is 6.07 Å². The van der Waals surface area contributed by atoms with E-state index < -0.39 is 51.0 Å². The van der Waals surface area contributed by atoms with E-state index in [4.69, 9.17) is 5.26 Å². The van der Waals surface area contributed by atoms with Crippen molar-refractivity contribution in [1.82, 2.24) is 0 Å². The molecular formula is C12H7F6NO2S. The first-order valence-corrected chi connectivity index (χ1v) is 6.39. The number of thioether (sulfide) groups is 1. The van der Waals surface area contributed by atoms with Gasteiger partial charge in [0, 0.05) is 4.90 Å². The lowest BCUT2D eigenvalue weighted by atomic mass is 10.0. The topological polar surface area (TPSA) is 50.1 Å². The first-order chi connectivity index (χ1) is 9.99. The van der Waals surface area contributed by atoms with Crippen molar-refractivity contribution in [2.24, 2.45) is 0 Å². The van der Waals surface area contributed by atoms with Gasteiger partial charge in [0.2, 0.25) is 0 Å². The molecule has 0 spiro atoms. The number of rotatable bonds is 3. The van der Waals surface area contributed by atoms with Crippen molar-refractivity contribution in [1.29, 1.82) is 5.26 Å². The molecule has 0 unspecified atom stereocenters. The van der Waals surface area contributed by atoms with Crippen molar-refractivity contribution in [2.75, 3.05) is 6.61 Å². The van der Waals surface area contributed by atoms with Crippen molar-refractivity contribution in [2.45, 2.75) is 23.5 Å². The van der Waals surface area contributed by atoms with Crippen molar-refractivity contribution >= 4 is 17.7 Å². The molecule has 22 heavy (non-hydrogen) atoms. The van der Waals surface area contributed by atoms with Crippen LogP contribution in [-0.4, -0.2) is 18.1 Å². The van der Waals surface area contributed by atoms with E-state index in [9.17, 15) is 31.1 Å². The molecule has 0 saturated heterocycles. The first kappa shape index (κ1) is 18.2. The number of alkyl halides is 6. The maximum Gasteiger partial charge on any atom is 0.446 e. The van der Waals surface area contributed by atoms with E-state index in [2.05, 4.69) is 4.74 Å². The zero-order valence-electron chi connectivity index (χ0n) is 10.8. The third-order valence-corrected chi connectivity index (χ3v) is 3.03. The number of hydrogen-bond acceptors (Lipinski definition) is 4. The number of carbonyl (C=O) groups excluding carboxylic acids is 1. The zero-order valence-corrected chi connectivity index (χ0v) is 11.6. The number of carbonyl (C=O) groups is 1. The van der Waals surface area contributed by atoms with E-state index in [0.717, 1.165) is 0 Å². The number of esters is 1. The van der Waals surface area contributed by atoms with Gasteiger partial charge in [-0.15, -0.1) is 0 Å². The molecule has 0 aliphatic rings. The van der Waals surface area contributed by atoms with Crippen molar-refractivity contribution in [3.8, 4) is 6.07 Å². The van der Waals surface area contributed by atoms with E-state index >= 15 is 0 Å². The fraction of sp³-hybridized carbons (Fsp3) is 0.333. The molecule has 1 aromatic carbocycles. The molecule has 0 saturated carbocycles. The molecule has 1 rings (SSSR count). The lowest BCUT2D eigenvalue weighted by Gasteiger charge is -2.15. The lowest BCUT2D eigenvalue weighted by molar-refractivity contribution is -0.137. The summed E-state index contributed by atoms with van der Waals surface area (Å²) in [5.41, 5.74) is -8.05. The molecule has 3 nitrogen and oxygen atoms in total. The summed E-state index contributed by atoms with van der Waals surface area (Å²) in [5.74, 6) is -1.29. The summed E-state index contributed by atoms with van der Waals surface area (Å²) >= 11 is -0.911. The van der Waals surface area contributed by atoms with Crippen LogP contribution in [0.5, 0.6) is 0 Å². The van der Waals surface area contributed by atoms with Crippen LogP contribution in [0.25, 0.3) is 0 Å². The Kier molecular flexibility index (Phi) is 5.35. The highest BCUT2D eigenvalue weighted by molar-refractivity contribution is 8.00. The number of hydrogen-bond donors (Lipinski definition) is 0. The van der Waals surface area contributed by atoms with E-state index in [0.29, 0.717) is 6.07 Å². The second kappa shape index (κ2) is 6.48. The van der Waals surface area contributed by atoms with Crippen LogP contribution >= 0.6 is 11.8 Å². The Balaban J connectivity index is 3.58. The molecule has 0 radical (unpaired) electrons. The smallest absolute Gasteiger partial charge is 0.446 e. The molecule has 0 N–H and O–H groups in total. The standard InChI is InChI=1S/C12H7F6NO2S/c1-2-21-10(20)9-6(5-19)3-7(11(13,14)15)4-8(9)22-12(16,17)18/h3-4H,2H2,1H3. The fourth-order valence-electron chi connectivity index (χ4n) is 1.49. The van der Waals surface area contributed by atoms with Crippen LogP contribution < -0.4 is 0 Å². The van der Waals surface area contributed by atoms with Gasteiger partial charge < -0.3 is 4.74 Å². The Labute approximate surface area is 124 Å². The minimum atomic E-state index is -4.96. The summed E-state index contributed by atoms with van der Waals surface area (Å²) in [6, 6.07) is 1.78. The average Bonchev–Trinajstić information content (AvgIpc) is 2.34. The van der Waals surface area contributed by atoms with Crippen LogP contribution in [0.1, 0.15) is 28.4 Å². The van der Waals surface area contributed by atoms with Crippen LogP contribution in [-0.2, 0) is 10.9 Å². The van der Waals surface area contributed by atoms with Gasteiger partial charge in [0.15, 0.2) is 0 Å². The number of ether oxygens (including phenoxy) is 1. The summed E-state index contributed by atoms with van der Waals surface area (Å²) in [4.78, 5) is 10.6. The monoisotopic (exact) mass is 343 g/mol. The van der Waals surface area contributed by atoms with Gasteiger partial charge in [0.05, 0.1) is 23.3 Å². The van der Waals surface area contributed by atoms with Gasteiger partial charge in [-0.3, -0.25) is 0 Å². The highest BCUT2D eigenvalue weighted by Gasteiger charge is 2.37. The van der Waals surface area contributed by atoms with Gasteiger partial charge in [-0.25, -0.2) is 4.79 Å². The highest BCUT2D eigenvalue weighted by atomic mass is 32.2. The number of benzene rings is 1. The minimum absolute atomic E-state index is 0.172. The predicted octanol–water partition coefficient (Wildman–Crippen LogP) is 4.37. The normalized spacial score (nSPS) is 11.9. The molecule has 0 bridgehead atoms. The molecule has 10 heteroatoms. The average molecular weight is 343 g/mol. The van der Waals surface area contributed by atoms with Crippen LogP contribution in [0.2, 0.25) is 0 Å². The summed E-state index contributed by atoms with van der Waals surface area (Å²) < 4.78 is 80.0. The van der Waals surface area contributed by atoms with Crippen LogP contribution in [0.4, 0.5) is 26.3 Å². The molecule has 120 valence electrons. The lowest BCUT2D eigenvalue weighted by Crippen LogP contribution is -2.14. The summed E-state index contributed by atoms with van der Waals surface area (Å²) in [6.45, 7) is 1.16. The summed E-state index contributed by atoms with van der Waals surface area (Å²) in [5, 5.41) is 8.83. The molecule has 0 aliphatic heterocycles. The largest absolute Gasteiger partial charge is 0.462 e. The molecule has 0 heterocycles. The second-order valence-electron chi connectivity index (χ2n) is 3.77. The van der Waals surface area contributed by atoms with E-state index in [1.54, 1.807) is 0 Å². The van der Waals surface area contributed by atoms with Gasteiger partial charge in [0.25, 0.3) is 0 Å². The van der Waals surface area contributed by atoms with Crippen molar-refractivity contribution < 1.29 is 35.9 Å². The third kappa shape index (κ3) is 4.56. The van der Waals surface area contributed by atoms with E-state index in [1.165, 1.54) is 13.0 Å². The Morgan fingerprint density at radius 2 is 1.86 bits per heavy atom. The summed E-state index contributed by atoms with van der Waals surface area (Å²) in [7, 11) is 0. The quantitative estimate of drug-likeness (QED) is 0.465. The van der Waals surface area contributed by atoms with Crippen molar-refractivity contribution in [3.05, 3.63) is 28.8 Å². The van der Waals surface area contributed by atoms with Crippen molar-refractivity contribution in [3.63, 3.8) is 0 Å². The minimum Gasteiger partial charge on any atom is -0.462 e. The fourth-order valence-corrected chi connectivity index (χ4v) is 2.22. The maximum absolute atomic E-state index is 12.7. The predicted molar refractivity (Wildman–Crippen MR) is 64.0 cm³/mol. The first-order valence-electron chi connectivity index (χ1n) is 5.57. The molecule has 0 aliphatic carbocycles. The number of halogens is 6. The molecule has 0 atom stereocenters. The zero-order chi connectivity index (χ0) is 17.1. The number of nitrogens with zero attached hydrogens (tertiary/aromatic N) is 1. The SMILES string of the molecule is CCOC(=O)c1c(C#N)cc(C(F)(F)F)cc1SC(F)(F)F. The van der Waals surface area contributed by atoms with E-state index in [1.807, 2.05) is 0 Å². The van der Waals surface area contributed by atoms with Gasteiger partial charge in [-0.1, -0.05) is 0 Å².